The molecule has 58 heavy (non-hydrogen) atoms. The summed E-state index contributed by atoms with van der Waals surface area (Å²) in [6, 6.07) is 2.13. The zero-order valence-corrected chi connectivity index (χ0v) is 35.7. The largest absolute Gasteiger partial charge is 0.481 e. The van der Waals surface area contributed by atoms with E-state index in [1.54, 1.807) is 43.3 Å². The van der Waals surface area contributed by atoms with Crippen LogP contribution in [0, 0.1) is 11.8 Å². The second-order valence-corrected chi connectivity index (χ2v) is 16.8. The van der Waals surface area contributed by atoms with Crippen LogP contribution in [0.25, 0.3) is 0 Å². The van der Waals surface area contributed by atoms with E-state index in [1.165, 1.54) is 16.0 Å². The highest BCUT2D eigenvalue weighted by Gasteiger charge is 2.39. The highest BCUT2D eigenvalue weighted by atomic mass is 19.1. The van der Waals surface area contributed by atoms with Gasteiger partial charge in [0.2, 0.25) is 5.88 Å². The number of ether oxygens (including phenoxy) is 1. The molecular formula is C46H63FN6O5. The number of β-amino-alcohol motifs (C(OH)–C–C–N with tert-alkyl or cyclic N) is 1. The van der Waals surface area contributed by atoms with E-state index in [4.69, 9.17) is 9.72 Å². The molecule has 1 aromatic heterocycles. The zero-order valence-electron chi connectivity index (χ0n) is 35.7. The summed E-state index contributed by atoms with van der Waals surface area (Å²) in [5, 5.41) is 15.6. The number of carbonyl (C=O) groups excluding carboxylic acids is 3. The maximum atomic E-state index is 16.0. The van der Waals surface area contributed by atoms with Crippen LogP contribution in [0.15, 0.2) is 76.2 Å². The SMILES string of the molecule is C/C=C1/N(C)C=C(C(=O)NC2=CCCC(C3=C(F)C=CC(c4cc5c(c(OC)n4)C(CC(CC)CC[C@]4(CC)CCN(CCO)C(=O)N4)CC5)C3C)=C2C)C(=O)N1C. The Bertz CT molecular complexity index is 1980. The maximum absolute atomic E-state index is 16.0. The third-order valence-corrected chi connectivity index (χ3v) is 13.6. The van der Waals surface area contributed by atoms with Crippen LogP contribution >= 0.6 is 0 Å². The Balaban J connectivity index is 1.17. The van der Waals surface area contributed by atoms with Gasteiger partial charge in [0, 0.05) is 56.1 Å². The van der Waals surface area contributed by atoms with Crippen molar-refractivity contribution in [3.8, 4) is 5.88 Å². The van der Waals surface area contributed by atoms with Crippen molar-refractivity contribution >= 4 is 17.8 Å². The van der Waals surface area contributed by atoms with Gasteiger partial charge < -0.3 is 30.3 Å². The molecule has 1 fully saturated rings. The molecule has 5 aliphatic rings. The quantitative estimate of drug-likeness (QED) is 0.165. The average molecular weight is 799 g/mol. The lowest BCUT2D eigenvalue weighted by Gasteiger charge is -2.43. The van der Waals surface area contributed by atoms with E-state index in [1.807, 2.05) is 39.0 Å². The van der Waals surface area contributed by atoms with Gasteiger partial charge in [0.05, 0.1) is 19.4 Å². The number of hydrogen-bond donors (Lipinski definition) is 3. The minimum Gasteiger partial charge on any atom is -0.481 e. The summed E-state index contributed by atoms with van der Waals surface area (Å²) in [6.45, 7) is 11.2. The van der Waals surface area contributed by atoms with Crippen LogP contribution in [0.1, 0.15) is 121 Å². The first-order chi connectivity index (χ1) is 27.8. The molecule has 0 bridgehead atoms. The summed E-state index contributed by atoms with van der Waals surface area (Å²) in [7, 11) is 5.13. The molecule has 4 unspecified atom stereocenters. The summed E-state index contributed by atoms with van der Waals surface area (Å²) in [5.74, 6) is 0.572. The molecule has 6 rings (SSSR count). The van der Waals surface area contributed by atoms with Crippen LogP contribution in [0.4, 0.5) is 9.18 Å². The van der Waals surface area contributed by atoms with Crippen LogP contribution < -0.4 is 15.4 Å². The smallest absolute Gasteiger partial charge is 0.317 e. The van der Waals surface area contributed by atoms with Gasteiger partial charge in [-0.25, -0.2) is 14.2 Å². The predicted molar refractivity (Wildman–Crippen MR) is 224 cm³/mol. The fraction of sp³-hybridized carbons (Fsp3) is 0.565. The van der Waals surface area contributed by atoms with Crippen molar-refractivity contribution in [1.82, 2.24) is 30.3 Å². The number of amides is 4. The number of halogens is 1. The number of methoxy groups -OCH3 is 1. The fourth-order valence-electron chi connectivity index (χ4n) is 9.98. The summed E-state index contributed by atoms with van der Waals surface area (Å²) in [4.78, 5) is 49.5. The van der Waals surface area contributed by atoms with Crippen molar-refractivity contribution in [2.24, 2.45) is 11.8 Å². The van der Waals surface area contributed by atoms with Gasteiger partial charge in [0.25, 0.3) is 11.8 Å². The number of rotatable bonds is 14. The van der Waals surface area contributed by atoms with Gasteiger partial charge in [0.15, 0.2) is 0 Å². The molecule has 3 heterocycles. The Kier molecular flexibility index (Phi) is 13.3. The molecule has 0 saturated carbocycles. The monoisotopic (exact) mass is 798 g/mol. The number of pyridine rings is 1. The zero-order chi connectivity index (χ0) is 41.9. The first-order valence-corrected chi connectivity index (χ1v) is 21.2. The molecule has 0 radical (unpaired) electrons. The first kappa shape index (κ1) is 42.9. The fourth-order valence-corrected chi connectivity index (χ4v) is 9.98. The molecule has 3 N–H and O–H groups in total. The molecule has 5 atom stereocenters. The second kappa shape index (κ2) is 18.1. The molecule has 0 aromatic carbocycles. The number of allylic oxidation sites excluding steroid dienone is 8. The van der Waals surface area contributed by atoms with Crippen LogP contribution in [-0.4, -0.2) is 89.1 Å². The van der Waals surface area contributed by atoms with Crippen molar-refractivity contribution < 1.29 is 28.6 Å². The van der Waals surface area contributed by atoms with Crippen molar-refractivity contribution in [3.63, 3.8) is 0 Å². The molecular weight excluding hydrogens is 736 g/mol. The van der Waals surface area contributed by atoms with Crippen molar-refractivity contribution in [2.75, 3.05) is 40.9 Å². The normalized spacial score (nSPS) is 26.2. The number of aryl methyl sites for hydroxylation is 1. The van der Waals surface area contributed by atoms with Crippen LogP contribution in [-0.2, 0) is 16.0 Å². The summed E-state index contributed by atoms with van der Waals surface area (Å²) >= 11 is 0. The Morgan fingerprint density at radius 3 is 2.69 bits per heavy atom. The molecule has 1 aromatic rings. The van der Waals surface area contributed by atoms with Crippen molar-refractivity contribution in [3.05, 3.63) is 93.0 Å². The number of aliphatic hydroxyl groups excluding tert-OH is 1. The third kappa shape index (κ3) is 8.40. The van der Waals surface area contributed by atoms with Gasteiger partial charge in [-0.3, -0.25) is 14.5 Å². The number of aromatic nitrogens is 1. The Labute approximate surface area is 343 Å². The highest BCUT2D eigenvalue weighted by Crippen LogP contribution is 2.48. The minimum absolute atomic E-state index is 0.0290. The number of aliphatic hydroxyl groups is 1. The number of fused-ring (bicyclic) bond motifs is 1. The summed E-state index contributed by atoms with van der Waals surface area (Å²) < 4.78 is 22.0. The van der Waals surface area contributed by atoms with E-state index in [-0.39, 0.29) is 47.3 Å². The Morgan fingerprint density at radius 1 is 1.24 bits per heavy atom. The number of nitrogens with zero attached hydrogens (tertiary/aromatic N) is 4. The van der Waals surface area contributed by atoms with E-state index in [9.17, 15) is 19.5 Å². The number of urea groups is 1. The van der Waals surface area contributed by atoms with Gasteiger partial charge in [0.1, 0.15) is 17.2 Å². The third-order valence-electron chi connectivity index (χ3n) is 13.6. The van der Waals surface area contributed by atoms with Gasteiger partial charge in [-0.2, -0.15) is 0 Å². The standard InChI is InChI=1S/C46H63FN6O5/c1-9-30(19-20-46(11-3)21-22-53(23-24-54)45(57)50-46)25-31-15-16-32-26-38(49-43(58-8)41(31)32)33-17-18-36(47)40(29(33)5)34-13-12-14-37(28(34)4)48-42(55)35-27-51(6)39(10-2)52(7)44(35)56/h10,14,17-18,26-27,29-31,33,54H,9,11-13,15-16,19-25H2,1-8H3,(H,48,55)(H,50,57)/b39-10-/t29?,30?,31?,33?,46-/m1/s1. The number of likely N-dealkylation sites (N-methyl/N-ethyl adjacent to an activating group) is 1. The Hall–Kier alpha value is -4.71. The van der Waals surface area contributed by atoms with Crippen molar-refractivity contribution in [1.29, 1.82) is 0 Å². The van der Waals surface area contributed by atoms with Crippen LogP contribution in [0.2, 0.25) is 0 Å². The molecule has 0 spiro atoms. The molecule has 12 heteroatoms. The van der Waals surface area contributed by atoms with Gasteiger partial charge in [-0.15, -0.1) is 0 Å². The Morgan fingerprint density at radius 2 is 2.02 bits per heavy atom. The van der Waals surface area contributed by atoms with E-state index < -0.39 is 5.91 Å². The number of carbonyl (C=O) groups is 3. The average Bonchev–Trinajstić information content (AvgIpc) is 3.62. The van der Waals surface area contributed by atoms with E-state index in [0.717, 1.165) is 68.2 Å². The van der Waals surface area contributed by atoms with Crippen LogP contribution in [0.5, 0.6) is 5.88 Å². The van der Waals surface area contributed by atoms with E-state index >= 15 is 4.39 Å². The lowest BCUT2D eigenvalue weighted by atomic mass is 9.74. The van der Waals surface area contributed by atoms with Crippen LogP contribution in [0.3, 0.4) is 0 Å². The highest BCUT2D eigenvalue weighted by molar-refractivity contribution is 6.19. The van der Waals surface area contributed by atoms with E-state index in [2.05, 4.69) is 30.5 Å². The molecule has 4 amide bonds. The lowest BCUT2D eigenvalue weighted by Crippen LogP contribution is -2.60. The second-order valence-electron chi connectivity index (χ2n) is 16.8. The summed E-state index contributed by atoms with van der Waals surface area (Å²) in [6.07, 6.45) is 17.8. The van der Waals surface area contributed by atoms with Gasteiger partial charge >= 0.3 is 6.03 Å². The topological polar surface area (TPSA) is 127 Å². The van der Waals surface area contributed by atoms with Gasteiger partial charge in [-0.1, -0.05) is 39.3 Å². The first-order valence-electron chi connectivity index (χ1n) is 21.2. The lowest BCUT2D eigenvalue weighted by molar-refractivity contribution is -0.129. The maximum Gasteiger partial charge on any atom is 0.317 e. The predicted octanol–water partition coefficient (Wildman–Crippen LogP) is 7.65. The number of nitrogens with one attached hydrogen (secondary N) is 2. The van der Waals surface area contributed by atoms with Crippen molar-refractivity contribution in [2.45, 2.75) is 116 Å². The number of hydrogen-bond acceptors (Lipinski definition) is 7. The van der Waals surface area contributed by atoms with E-state index in [0.29, 0.717) is 60.7 Å². The molecule has 11 nitrogen and oxygen atoms in total. The summed E-state index contributed by atoms with van der Waals surface area (Å²) in [5.41, 5.74) is 5.99. The minimum atomic E-state index is -0.499. The molecule has 2 aliphatic heterocycles. The molecule has 314 valence electrons. The molecule has 1 saturated heterocycles. The van der Waals surface area contributed by atoms with Gasteiger partial charge in [-0.05, 0) is 130 Å². The molecule has 3 aliphatic carbocycles.